The summed E-state index contributed by atoms with van der Waals surface area (Å²) in [4.78, 5) is 3.81. The lowest BCUT2D eigenvalue weighted by atomic mass is 10.0. The number of sulfonamides is 1. The minimum absolute atomic E-state index is 0.0550. The average molecular weight is 455 g/mol. The Morgan fingerprint density at radius 3 is 2.76 bits per heavy atom. The molecule has 0 fully saturated rings. The molecule has 150 valence electrons. The largest absolute Gasteiger partial charge is 0.346 e. The number of aromatic nitrogens is 1. The number of guanidine groups is 1. The van der Waals surface area contributed by atoms with Crippen LogP contribution in [0.15, 0.2) is 51.2 Å². The van der Waals surface area contributed by atoms with Crippen molar-refractivity contribution in [1.29, 1.82) is 0 Å². The van der Waals surface area contributed by atoms with E-state index in [2.05, 4.69) is 20.0 Å². The zero-order valence-electron chi connectivity index (χ0n) is 14.8. The number of anilines is 1. The van der Waals surface area contributed by atoms with Crippen LogP contribution < -0.4 is 10.6 Å². The van der Waals surface area contributed by atoms with Crippen molar-refractivity contribution in [2.75, 3.05) is 5.32 Å². The molecule has 0 bridgehead atoms. The summed E-state index contributed by atoms with van der Waals surface area (Å²) < 4.78 is 57.2. The van der Waals surface area contributed by atoms with E-state index >= 15 is 0 Å². The first-order valence-electron chi connectivity index (χ1n) is 8.32. The Balaban J connectivity index is 1.82. The van der Waals surface area contributed by atoms with E-state index in [1.165, 1.54) is 23.5 Å². The summed E-state index contributed by atoms with van der Waals surface area (Å²) >= 11 is 7.45. The first kappa shape index (κ1) is 19.7. The summed E-state index contributed by atoms with van der Waals surface area (Å²) in [6.45, 7) is 1.79. The van der Waals surface area contributed by atoms with Gasteiger partial charge in [0.25, 0.3) is 10.0 Å². The van der Waals surface area contributed by atoms with Crippen molar-refractivity contribution in [3.63, 3.8) is 0 Å². The summed E-state index contributed by atoms with van der Waals surface area (Å²) in [7, 11) is -4.21. The van der Waals surface area contributed by atoms with Crippen LogP contribution in [0, 0.1) is 11.6 Å². The van der Waals surface area contributed by atoms with Gasteiger partial charge in [-0.3, -0.25) is 0 Å². The van der Waals surface area contributed by atoms with Gasteiger partial charge >= 0.3 is 0 Å². The predicted molar refractivity (Wildman–Crippen MR) is 109 cm³/mol. The molecule has 1 aliphatic heterocycles. The van der Waals surface area contributed by atoms with Crippen LogP contribution in [0.4, 0.5) is 14.5 Å². The zero-order valence-corrected chi connectivity index (χ0v) is 17.2. The topological polar surface area (TPSA) is 83.5 Å². The van der Waals surface area contributed by atoms with Crippen LogP contribution in [0.25, 0.3) is 11.1 Å². The maximum Gasteiger partial charge on any atom is 0.287 e. The van der Waals surface area contributed by atoms with Crippen molar-refractivity contribution in [1.82, 2.24) is 10.3 Å². The molecule has 2 N–H and O–H groups in total. The molecule has 1 aliphatic rings. The molecule has 4 rings (SSSR count). The molecule has 0 aliphatic carbocycles. The number of hydrogen-bond acceptors (Lipinski definition) is 6. The van der Waals surface area contributed by atoms with Gasteiger partial charge in [-0.05, 0) is 25.1 Å². The van der Waals surface area contributed by atoms with Crippen LogP contribution >= 0.6 is 22.9 Å². The molecule has 1 unspecified atom stereocenters. The summed E-state index contributed by atoms with van der Waals surface area (Å²) in [5.41, 5.74) is 0.311. The Morgan fingerprint density at radius 1 is 1.24 bits per heavy atom. The third-order valence-electron chi connectivity index (χ3n) is 4.22. The quantitative estimate of drug-likeness (QED) is 0.606. The minimum Gasteiger partial charge on any atom is -0.346 e. The van der Waals surface area contributed by atoms with Crippen molar-refractivity contribution in [2.24, 2.45) is 4.40 Å². The van der Waals surface area contributed by atoms with Crippen LogP contribution in [-0.4, -0.2) is 19.4 Å². The molecular weight excluding hydrogens is 442 g/mol. The summed E-state index contributed by atoms with van der Waals surface area (Å²) in [6, 6.07) is 5.66. The van der Waals surface area contributed by atoms with Gasteiger partial charge in [0, 0.05) is 22.7 Å². The van der Waals surface area contributed by atoms with Crippen LogP contribution in [0.1, 0.15) is 18.0 Å². The van der Waals surface area contributed by atoms with E-state index in [0.29, 0.717) is 0 Å². The van der Waals surface area contributed by atoms with Crippen molar-refractivity contribution in [2.45, 2.75) is 17.9 Å². The molecular formula is C18H13ClF2N4O2S2. The fourth-order valence-electron chi connectivity index (χ4n) is 2.93. The van der Waals surface area contributed by atoms with E-state index in [4.69, 9.17) is 11.6 Å². The highest BCUT2D eigenvalue weighted by Gasteiger charge is 2.30. The van der Waals surface area contributed by atoms with E-state index < -0.39 is 21.7 Å². The first-order valence-corrected chi connectivity index (χ1v) is 11.0. The number of fused-ring (bicyclic) bond motifs is 1. The van der Waals surface area contributed by atoms with Crippen molar-refractivity contribution >= 4 is 44.6 Å². The highest BCUT2D eigenvalue weighted by Crippen LogP contribution is 2.40. The lowest BCUT2D eigenvalue weighted by Gasteiger charge is -2.24. The van der Waals surface area contributed by atoms with Crippen LogP contribution in [-0.2, 0) is 10.0 Å². The normalized spacial score (nSPS) is 15.8. The fraction of sp³-hybridized carbons (Fsp3) is 0.111. The molecule has 6 nitrogen and oxygen atoms in total. The Bertz CT molecular complexity index is 1230. The number of rotatable bonds is 3. The van der Waals surface area contributed by atoms with Gasteiger partial charge in [0.15, 0.2) is 0 Å². The van der Waals surface area contributed by atoms with Crippen molar-refractivity contribution < 1.29 is 17.2 Å². The van der Waals surface area contributed by atoms with Gasteiger partial charge in [-0.1, -0.05) is 23.7 Å². The third kappa shape index (κ3) is 3.70. The van der Waals surface area contributed by atoms with E-state index in [0.717, 1.165) is 23.2 Å². The van der Waals surface area contributed by atoms with Crippen molar-refractivity contribution in [3.8, 4) is 11.1 Å². The monoisotopic (exact) mass is 454 g/mol. The minimum atomic E-state index is -4.21. The molecule has 2 heterocycles. The summed E-state index contributed by atoms with van der Waals surface area (Å²) in [6.07, 6.45) is 1.63. The van der Waals surface area contributed by atoms with Gasteiger partial charge < -0.3 is 10.6 Å². The van der Waals surface area contributed by atoms with E-state index in [1.807, 2.05) is 0 Å². The number of halogens is 3. The Morgan fingerprint density at radius 2 is 2.03 bits per heavy atom. The van der Waals surface area contributed by atoms with Gasteiger partial charge in [-0.2, -0.15) is 8.42 Å². The molecule has 1 atom stereocenters. The van der Waals surface area contributed by atoms with E-state index in [1.54, 1.807) is 18.5 Å². The number of nitrogens with one attached hydrogen (secondary N) is 2. The molecule has 0 amide bonds. The standard InChI is InChI=1S/C18H13ClF2N4O2S2/c1-9(17-22-5-6-28-17)23-18-24-16-12(11-3-2-4-13(21)15(11)19)7-10(20)8-14(16)29(26,27)25-18/h2-9H,1H3,(H2,23,24,25). The lowest BCUT2D eigenvalue weighted by molar-refractivity contribution is 0.591. The molecule has 0 saturated heterocycles. The van der Waals surface area contributed by atoms with Gasteiger partial charge in [0.2, 0.25) is 5.96 Å². The number of benzene rings is 2. The second-order valence-corrected chi connectivity index (χ2v) is 9.08. The zero-order chi connectivity index (χ0) is 20.8. The molecule has 3 aromatic rings. The van der Waals surface area contributed by atoms with E-state index in [9.17, 15) is 17.2 Å². The maximum absolute atomic E-state index is 14.2. The Hall–Kier alpha value is -2.56. The molecule has 0 saturated carbocycles. The molecule has 29 heavy (non-hydrogen) atoms. The van der Waals surface area contributed by atoms with Crippen LogP contribution in [0.5, 0.6) is 0 Å². The second-order valence-electron chi connectivity index (χ2n) is 6.20. The fourth-order valence-corrected chi connectivity index (χ4v) is 4.92. The highest BCUT2D eigenvalue weighted by molar-refractivity contribution is 7.90. The third-order valence-corrected chi connectivity index (χ3v) is 6.86. The maximum atomic E-state index is 14.2. The molecule has 0 spiro atoms. The van der Waals surface area contributed by atoms with Gasteiger partial charge in [0.1, 0.15) is 21.5 Å². The van der Waals surface area contributed by atoms with Gasteiger partial charge in [-0.15, -0.1) is 15.7 Å². The average Bonchev–Trinajstić information content (AvgIpc) is 3.19. The first-order chi connectivity index (χ1) is 13.8. The SMILES string of the molecule is CC(NC1=NS(=O)(=O)c2cc(F)cc(-c3cccc(F)c3Cl)c2N1)c1nccs1. The summed E-state index contributed by atoms with van der Waals surface area (Å²) in [5.74, 6) is -1.57. The molecule has 0 radical (unpaired) electrons. The highest BCUT2D eigenvalue weighted by atomic mass is 35.5. The smallest absolute Gasteiger partial charge is 0.287 e. The molecule has 11 heteroatoms. The number of hydrogen-bond donors (Lipinski definition) is 2. The van der Waals surface area contributed by atoms with Crippen molar-refractivity contribution in [3.05, 3.63) is 63.6 Å². The summed E-state index contributed by atoms with van der Waals surface area (Å²) in [5, 5.41) is 8.10. The van der Waals surface area contributed by atoms with Crippen LogP contribution in [0.2, 0.25) is 5.02 Å². The van der Waals surface area contributed by atoms with Crippen LogP contribution in [0.3, 0.4) is 0 Å². The molecule has 1 aromatic heterocycles. The number of thiazole rings is 1. The number of nitrogens with zero attached hydrogens (tertiary/aromatic N) is 2. The molecule has 2 aromatic carbocycles. The second kappa shape index (κ2) is 7.36. The van der Waals surface area contributed by atoms with Gasteiger partial charge in [-0.25, -0.2) is 13.8 Å². The Labute approximate surface area is 174 Å². The van der Waals surface area contributed by atoms with Gasteiger partial charge in [0.05, 0.1) is 16.8 Å². The Kier molecular flexibility index (Phi) is 5.01. The van der Waals surface area contributed by atoms with E-state index in [-0.39, 0.29) is 38.7 Å². The lowest BCUT2D eigenvalue weighted by Crippen LogP contribution is -2.36. The predicted octanol–water partition coefficient (Wildman–Crippen LogP) is 4.56.